The summed E-state index contributed by atoms with van der Waals surface area (Å²) in [6.45, 7) is 5.87. The molecule has 9 heteroatoms. The minimum Gasteiger partial charge on any atom is -0.454 e. The van der Waals surface area contributed by atoms with Crippen molar-refractivity contribution in [2.75, 3.05) is 42.9 Å². The van der Waals surface area contributed by atoms with Gasteiger partial charge in [-0.05, 0) is 49.3 Å². The minimum atomic E-state index is 0.149. The maximum Gasteiger partial charge on any atom is 0.238 e. The summed E-state index contributed by atoms with van der Waals surface area (Å²) >= 11 is 0. The summed E-state index contributed by atoms with van der Waals surface area (Å²) in [7, 11) is 0. The molecule has 0 bridgehead atoms. The highest BCUT2D eigenvalue weighted by atomic mass is 16.7. The summed E-state index contributed by atoms with van der Waals surface area (Å²) in [5.41, 5.74) is 1.10. The summed E-state index contributed by atoms with van der Waals surface area (Å²) in [6, 6.07) is 8.47. The molecule has 0 atom stereocenters. The quantitative estimate of drug-likeness (QED) is 0.701. The van der Waals surface area contributed by atoms with Gasteiger partial charge in [0.15, 0.2) is 11.5 Å². The Balaban J connectivity index is 1.48. The molecule has 2 aromatic rings. The number of anilines is 2. The van der Waals surface area contributed by atoms with Crippen molar-refractivity contribution in [3.8, 4) is 17.6 Å². The fourth-order valence-electron chi connectivity index (χ4n) is 4.59. The van der Waals surface area contributed by atoms with E-state index in [0.29, 0.717) is 50.8 Å². The Labute approximate surface area is 187 Å². The van der Waals surface area contributed by atoms with Gasteiger partial charge < -0.3 is 24.0 Å². The summed E-state index contributed by atoms with van der Waals surface area (Å²) in [4.78, 5) is 18.1. The van der Waals surface area contributed by atoms with E-state index in [1.807, 2.05) is 12.1 Å². The zero-order chi connectivity index (χ0) is 21.9. The van der Waals surface area contributed by atoms with Crippen molar-refractivity contribution in [2.45, 2.75) is 45.2 Å². The number of fused-ring (bicyclic) bond motifs is 1. The maximum absolute atomic E-state index is 9.61. The molecule has 0 amide bonds. The first-order chi connectivity index (χ1) is 15.7. The first-order valence-corrected chi connectivity index (χ1v) is 11.3. The topological polar surface area (TPSA) is 96.6 Å². The second-order valence-electron chi connectivity index (χ2n) is 8.70. The van der Waals surface area contributed by atoms with E-state index in [4.69, 9.17) is 19.2 Å². The molecule has 32 heavy (non-hydrogen) atoms. The molecule has 0 unspecified atom stereocenters. The first-order valence-electron chi connectivity index (χ1n) is 11.3. The van der Waals surface area contributed by atoms with Gasteiger partial charge in [-0.15, -0.1) is 0 Å². The highest BCUT2D eigenvalue weighted by molar-refractivity contribution is 5.47. The molecule has 3 aliphatic rings. The molecule has 0 radical (unpaired) electrons. The second-order valence-corrected chi connectivity index (χ2v) is 8.70. The van der Waals surface area contributed by atoms with Gasteiger partial charge in [0.05, 0.1) is 13.2 Å². The van der Waals surface area contributed by atoms with Crippen molar-refractivity contribution in [2.24, 2.45) is 5.92 Å². The number of hydrogen-bond donors (Lipinski definition) is 0. The third kappa shape index (κ3) is 4.41. The van der Waals surface area contributed by atoms with Gasteiger partial charge in [0.2, 0.25) is 24.5 Å². The molecule has 2 fully saturated rings. The lowest BCUT2D eigenvalue weighted by molar-refractivity contribution is 0.122. The third-order valence-electron chi connectivity index (χ3n) is 6.48. The Hall–Kier alpha value is -3.12. The van der Waals surface area contributed by atoms with E-state index in [9.17, 15) is 5.26 Å². The number of nitrogens with zero attached hydrogens (tertiary/aromatic N) is 6. The SMILES string of the molecule is CC1CCC(N(Cc2ccc3c(c2)OCO3)c2nc(C#N)nc(N3CCOCC3)n2)CC1. The van der Waals surface area contributed by atoms with E-state index in [1.165, 1.54) is 12.8 Å². The van der Waals surface area contributed by atoms with Crippen LogP contribution < -0.4 is 19.3 Å². The largest absolute Gasteiger partial charge is 0.454 e. The summed E-state index contributed by atoms with van der Waals surface area (Å²) < 4.78 is 16.5. The van der Waals surface area contributed by atoms with E-state index in [0.717, 1.165) is 35.8 Å². The van der Waals surface area contributed by atoms with E-state index in [-0.39, 0.29) is 12.6 Å². The monoisotopic (exact) mass is 436 g/mol. The normalized spacial score (nSPS) is 22.4. The van der Waals surface area contributed by atoms with Crippen LogP contribution in [-0.2, 0) is 11.3 Å². The van der Waals surface area contributed by atoms with Crippen LogP contribution in [-0.4, -0.2) is 54.1 Å². The molecule has 1 saturated heterocycles. The molecular weight excluding hydrogens is 408 g/mol. The summed E-state index contributed by atoms with van der Waals surface area (Å²) in [5, 5.41) is 9.61. The van der Waals surface area contributed by atoms with Gasteiger partial charge in [-0.3, -0.25) is 0 Å². The highest BCUT2D eigenvalue weighted by Gasteiger charge is 2.28. The number of benzene rings is 1. The van der Waals surface area contributed by atoms with Gasteiger partial charge in [-0.25, -0.2) is 0 Å². The maximum atomic E-state index is 9.61. The molecule has 3 heterocycles. The molecule has 1 aliphatic carbocycles. The standard InChI is InChI=1S/C23H28N6O3/c1-16-2-5-18(6-3-16)29(14-17-4-7-19-20(12-17)32-15-31-19)23-26-21(13-24)25-22(27-23)28-8-10-30-11-9-28/h4,7,12,16,18H,2-3,5-6,8-11,14-15H2,1H3. The lowest BCUT2D eigenvalue weighted by Crippen LogP contribution is -2.40. The predicted molar refractivity (Wildman–Crippen MR) is 118 cm³/mol. The van der Waals surface area contributed by atoms with Crippen molar-refractivity contribution >= 4 is 11.9 Å². The molecule has 0 N–H and O–H groups in total. The molecule has 168 valence electrons. The number of morpholine rings is 1. The van der Waals surface area contributed by atoms with Crippen LogP contribution in [0.3, 0.4) is 0 Å². The number of nitriles is 1. The lowest BCUT2D eigenvalue weighted by Gasteiger charge is -2.37. The lowest BCUT2D eigenvalue weighted by atomic mass is 9.86. The fourth-order valence-corrected chi connectivity index (χ4v) is 4.59. The van der Waals surface area contributed by atoms with E-state index < -0.39 is 0 Å². The molecular formula is C23H28N6O3. The van der Waals surface area contributed by atoms with Crippen molar-refractivity contribution in [1.29, 1.82) is 5.26 Å². The van der Waals surface area contributed by atoms with Crippen LogP contribution in [0, 0.1) is 17.2 Å². The smallest absolute Gasteiger partial charge is 0.238 e. The van der Waals surface area contributed by atoms with Gasteiger partial charge in [0, 0.05) is 25.7 Å². The number of rotatable bonds is 5. The van der Waals surface area contributed by atoms with Crippen LogP contribution in [0.2, 0.25) is 0 Å². The molecule has 5 rings (SSSR count). The van der Waals surface area contributed by atoms with Gasteiger partial charge in [0.25, 0.3) is 0 Å². The zero-order valence-electron chi connectivity index (χ0n) is 18.4. The van der Waals surface area contributed by atoms with Gasteiger partial charge in [-0.2, -0.15) is 20.2 Å². The molecule has 2 aliphatic heterocycles. The first kappa shape index (κ1) is 20.8. The highest BCUT2D eigenvalue weighted by Crippen LogP contribution is 2.35. The van der Waals surface area contributed by atoms with Crippen molar-refractivity contribution in [3.05, 3.63) is 29.6 Å². The van der Waals surface area contributed by atoms with Crippen LogP contribution in [0.25, 0.3) is 0 Å². The average Bonchev–Trinajstić information content (AvgIpc) is 3.31. The van der Waals surface area contributed by atoms with Crippen molar-refractivity contribution in [3.63, 3.8) is 0 Å². The second kappa shape index (κ2) is 9.17. The van der Waals surface area contributed by atoms with E-state index in [2.05, 4.69) is 38.8 Å². The van der Waals surface area contributed by atoms with Crippen LogP contribution >= 0.6 is 0 Å². The summed E-state index contributed by atoms with van der Waals surface area (Å²) in [5.74, 6) is 3.53. The number of ether oxygens (including phenoxy) is 3. The Bertz CT molecular complexity index is 996. The minimum absolute atomic E-state index is 0.149. The van der Waals surface area contributed by atoms with Gasteiger partial charge in [-0.1, -0.05) is 13.0 Å². The van der Waals surface area contributed by atoms with Gasteiger partial charge >= 0.3 is 0 Å². The Morgan fingerprint density at radius 2 is 1.84 bits per heavy atom. The van der Waals surface area contributed by atoms with Crippen molar-refractivity contribution in [1.82, 2.24) is 15.0 Å². The van der Waals surface area contributed by atoms with Crippen LogP contribution in [0.15, 0.2) is 18.2 Å². The van der Waals surface area contributed by atoms with Crippen LogP contribution in [0.5, 0.6) is 11.5 Å². The van der Waals surface area contributed by atoms with Gasteiger partial charge in [0.1, 0.15) is 6.07 Å². The predicted octanol–water partition coefficient (Wildman–Crippen LogP) is 2.89. The fraction of sp³-hybridized carbons (Fsp3) is 0.565. The molecule has 1 aromatic carbocycles. The summed E-state index contributed by atoms with van der Waals surface area (Å²) in [6.07, 6.45) is 4.50. The van der Waals surface area contributed by atoms with E-state index >= 15 is 0 Å². The molecule has 1 aromatic heterocycles. The Kier molecular flexibility index (Phi) is 5.95. The van der Waals surface area contributed by atoms with Crippen LogP contribution in [0.1, 0.15) is 44.0 Å². The molecule has 9 nitrogen and oxygen atoms in total. The Morgan fingerprint density at radius 3 is 2.62 bits per heavy atom. The molecule has 0 spiro atoms. The third-order valence-corrected chi connectivity index (χ3v) is 6.48. The molecule has 1 saturated carbocycles. The Morgan fingerprint density at radius 1 is 1.06 bits per heavy atom. The zero-order valence-corrected chi connectivity index (χ0v) is 18.4. The van der Waals surface area contributed by atoms with Crippen LogP contribution in [0.4, 0.5) is 11.9 Å². The average molecular weight is 437 g/mol. The van der Waals surface area contributed by atoms with Crippen molar-refractivity contribution < 1.29 is 14.2 Å². The number of hydrogen-bond acceptors (Lipinski definition) is 9. The van der Waals surface area contributed by atoms with E-state index in [1.54, 1.807) is 0 Å². The number of aromatic nitrogens is 3.